The van der Waals surface area contributed by atoms with E-state index in [2.05, 4.69) is 49.2 Å². The van der Waals surface area contributed by atoms with Crippen LogP contribution in [-0.4, -0.2) is 19.6 Å². The zero-order valence-corrected chi connectivity index (χ0v) is 12.0. The predicted octanol–water partition coefficient (Wildman–Crippen LogP) is 3.92. The number of anilines is 2. The largest absolute Gasteiger partial charge is 0.385 e. The average molecular weight is 246 g/mol. The maximum absolute atomic E-state index is 3.52. The molecule has 0 radical (unpaired) electrons. The van der Waals surface area contributed by atoms with Crippen molar-refractivity contribution in [3.05, 3.63) is 23.8 Å². The fourth-order valence-corrected chi connectivity index (χ4v) is 2.57. The predicted molar refractivity (Wildman–Crippen MR) is 80.6 cm³/mol. The van der Waals surface area contributed by atoms with Gasteiger partial charge in [-0.25, -0.2) is 0 Å². The van der Waals surface area contributed by atoms with Crippen molar-refractivity contribution in [2.45, 2.75) is 40.0 Å². The Balaban J connectivity index is 2.15. The standard InChI is InChI=1S/C16H26N2/c1-4-13(3)12-18(5-2)15-9-8-14-7-6-10-17-16(14)11-15/h8-9,11,13,17H,4-7,10,12H2,1-3H3. The van der Waals surface area contributed by atoms with Gasteiger partial charge in [0.1, 0.15) is 0 Å². The monoisotopic (exact) mass is 246 g/mol. The molecule has 0 spiro atoms. The molecule has 1 aliphatic heterocycles. The molecule has 100 valence electrons. The molecule has 0 saturated carbocycles. The summed E-state index contributed by atoms with van der Waals surface area (Å²) in [7, 11) is 0. The first kappa shape index (κ1) is 13.3. The lowest BCUT2D eigenvalue weighted by molar-refractivity contribution is 0.548. The molecule has 2 nitrogen and oxygen atoms in total. The van der Waals surface area contributed by atoms with Gasteiger partial charge in [0.2, 0.25) is 0 Å². The molecule has 2 heteroatoms. The third kappa shape index (κ3) is 2.98. The number of aryl methyl sites for hydroxylation is 1. The molecular formula is C16H26N2. The van der Waals surface area contributed by atoms with Crippen molar-refractivity contribution >= 4 is 11.4 Å². The van der Waals surface area contributed by atoms with Crippen LogP contribution in [-0.2, 0) is 6.42 Å². The summed E-state index contributed by atoms with van der Waals surface area (Å²) in [6.45, 7) is 10.2. The highest BCUT2D eigenvalue weighted by Crippen LogP contribution is 2.28. The zero-order chi connectivity index (χ0) is 13.0. The van der Waals surface area contributed by atoms with Gasteiger partial charge in [0.25, 0.3) is 0 Å². The van der Waals surface area contributed by atoms with Gasteiger partial charge in [-0.2, -0.15) is 0 Å². The van der Waals surface area contributed by atoms with Crippen LogP contribution >= 0.6 is 0 Å². The molecular weight excluding hydrogens is 220 g/mol. The maximum Gasteiger partial charge on any atom is 0.0393 e. The van der Waals surface area contributed by atoms with Crippen molar-refractivity contribution in [2.24, 2.45) is 5.92 Å². The summed E-state index contributed by atoms with van der Waals surface area (Å²) in [5, 5.41) is 3.52. The van der Waals surface area contributed by atoms with Gasteiger partial charge >= 0.3 is 0 Å². The van der Waals surface area contributed by atoms with Crippen LogP contribution in [0.15, 0.2) is 18.2 Å². The summed E-state index contributed by atoms with van der Waals surface area (Å²) in [5.41, 5.74) is 4.19. The maximum atomic E-state index is 3.52. The van der Waals surface area contributed by atoms with Gasteiger partial charge in [-0.3, -0.25) is 0 Å². The van der Waals surface area contributed by atoms with Crippen LogP contribution in [0, 0.1) is 5.92 Å². The molecule has 0 bridgehead atoms. The normalized spacial score (nSPS) is 15.7. The van der Waals surface area contributed by atoms with Crippen LogP contribution in [0.1, 0.15) is 39.2 Å². The van der Waals surface area contributed by atoms with Gasteiger partial charge in [0.15, 0.2) is 0 Å². The number of fused-ring (bicyclic) bond motifs is 1. The highest BCUT2D eigenvalue weighted by molar-refractivity contribution is 5.63. The smallest absolute Gasteiger partial charge is 0.0393 e. The van der Waals surface area contributed by atoms with E-state index < -0.39 is 0 Å². The first-order valence-electron chi connectivity index (χ1n) is 7.36. The Kier molecular flexibility index (Phi) is 4.51. The number of hydrogen-bond donors (Lipinski definition) is 1. The Bertz CT molecular complexity index is 387. The molecule has 0 amide bonds. The van der Waals surface area contributed by atoms with Crippen LogP contribution in [0.2, 0.25) is 0 Å². The van der Waals surface area contributed by atoms with Crippen molar-refractivity contribution in [3.8, 4) is 0 Å². The molecule has 0 aromatic heterocycles. The zero-order valence-electron chi connectivity index (χ0n) is 12.0. The quantitative estimate of drug-likeness (QED) is 0.847. The van der Waals surface area contributed by atoms with E-state index in [1.807, 2.05) is 0 Å². The van der Waals surface area contributed by atoms with Gasteiger partial charge in [-0.15, -0.1) is 0 Å². The summed E-state index contributed by atoms with van der Waals surface area (Å²) < 4.78 is 0. The van der Waals surface area contributed by atoms with Crippen LogP contribution in [0.25, 0.3) is 0 Å². The molecule has 2 rings (SSSR count). The SMILES string of the molecule is CCC(C)CN(CC)c1ccc2c(c1)NCCC2. The minimum absolute atomic E-state index is 0.758. The van der Waals surface area contributed by atoms with Gasteiger partial charge in [-0.1, -0.05) is 26.3 Å². The van der Waals surface area contributed by atoms with Gasteiger partial charge in [-0.05, 0) is 43.4 Å². The molecule has 1 aromatic carbocycles. The molecule has 1 heterocycles. The molecule has 0 saturated heterocycles. The van der Waals surface area contributed by atoms with Crippen molar-refractivity contribution in [3.63, 3.8) is 0 Å². The molecule has 1 unspecified atom stereocenters. The van der Waals surface area contributed by atoms with E-state index in [4.69, 9.17) is 0 Å². The molecule has 0 fully saturated rings. The van der Waals surface area contributed by atoms with E-state index in [0.29, 0.717) is 0 Å². The molecule has 0 aliphatic carbocycles. The van der Waals surface area contributed by atoms with E-state index >= 15 is 0 Å². The summed E-state index contributed by atoms with van der Waals surface area (Å²) in [6, 6.07) is 6.92. The second-order valence-corrected chi connectivity index (χ2v) is 5.42. The van der Waals surface area contributed by atoms with E-state index in [-0.39, 0.29) is 0 Å². The molecule has 1 aromatic rings. The Morgan fingerprint density at radius 2 is 2.17 bits per heavy atom. The number of hydrogen-bond acceptors (Lipinski definition) is 2. The molecule has 1 atom stereocenters. The van der Waals surface area contributed by atoms with Crippen LogP contribution in [0.5, 0.6) is 0 Å². The lowest BCUT2D eigenvalue weighted by Gasteiger charge is -2.28. The lowest BCUT2D eigenvalue weighted by Crippen LogP contribution is -2.28. The van der Waals surface area contributed by atoms with Crippen LogP contribution < -0.4 is 10.2 Å². The fourth-order valence-electron chi connectivity index (χ4n) is 2.57. The Labute approximate surface area is 111 Å². The molecule has 18 heavy (non-hydrogen) atoms. The third-order valence-corrected chi connectivity index (χ3v) is 4.01. The number of nitrogens with zero attached hydrogens (tertiary/aromatic N) is 1. The summed E-state index contributed by atoms with van der Waals surface area (Å²) in [4.78, 5) is 2.49. The van der Waals surface area contributed by atoms with E-state index in [1.165, 1.54) is 36.2 Å². The van der Waals surface area contributed by atoms with Crippen molar-refractivity contribution in [2.75, 3.05) is 29.9 Å². The summed E-state index contributed by atoms with van der Waals surface area (Å²) >= 11 is 0. The van der Waals surface area contributed by atoms with E-state index in [0.717, 1.165) is 25.6 Å². The number of rotatable bonds is 5. The minimum Gasteiger partial charge on any atom is -0.385 e. The lowest BCUT2D eigenvalue weighted by atomic mass is 10.0. The summed E-state index contributed by atoms with van der Waals surface area (Å²) in [6.07, 6.45) is 3.73. The van der Waals surface area contributed by atoms with Crippen LogP contribution in [0.3, 0.4) is 0 Å². The second-order valence-electron chi connectivity index (χ2n) is 5.42. The Morgan fingerprint density at radius 3 is 2.89 bits per heavy atom. The van der Waals surface area contributed by atoms with E-state index in [9.17, 15) is 0 Å². The van der Waals surface area contributed by atoms with Crippen molar-refractivity contribution in [1.29, 1.82) is 0 Å². The topological polar surface area (TPSA) is 15.3 Å². The molecule has 1 aliphatic rings. The molecule has 1 N–H and O–H groups in total. The fraction of sp³-hybridized carbons (Fsp3) is 0.625. The van der Waals surface area contributed by atoms with Gasteiger partial charge < -0.3 is 10.2 Å². The van der Waals surface area contributed by atoms with E-state index in [1.54, 1.807) is 0 Å². The average Bonchev–Trinajstić information content (AvgIpc) is 2.44. The second kappa shape index (κ2) is 6.12. The highest BCUT2D eigenvalue weighted by atomic mass is 15.1. The Hall–Kier alpha value is -1.18. The first-order valence-corrected chi connectivity index (χ1v) is 7.36. The van der Waals surface area contributed by atoms with Crippen LogP contribution in [0.4, 0.5) is 11.4 Å². The van der Waals surface area contributed by atoms with Crippen molar-refractivity contribution < 1.29 is 0 Å². The first-order chi connectivity index (χ1) is 8.74. The van der Waals surface area contributed by atoms with Crippen molar-refractivity contribution in [1.82, 2.24) is 0 Å². The highest BCUT2D eigenvalue weighted by Gasteiger charge is 2.12. The van der Waals surface area contributed by atoms with Gasteiger partial charge in [0, 0.05) is 31.0 Å². The third-order valence-electron chi connectivity index (χ3n) is 4.01. The summed E-state index contributed by atoms with van der Waals surface area (Å²) in [5.74, 6) is 0.758. The van der Waals surface area contributed by atoms with Gasteiger partial charge in [0.05, 0.1) is 0 Å². The number of nitrogens with one attached hydrogen (secondary N) is 1. The minimum atomic E-state index is 0.758. The Morgan fingerprint density at radius 1 is 1.33 bits per heavy atom. The number of benzene rings is 1.